The first kappa shape index (κ1) is 24.9. The zero-order chi connectivity index (χ0) is 25.0. The van der Waals surface area contributed by atoms with Gasteiger partial charge in [0.1, 0.15) is 23.2 Å². The molecule has 0 aliphatic carbocycles. The Morgan fingerprint density at radius 2 is 1.71 bits per heavy atom. The van der Waals surface area contributed by atoms with E-state index in [1.54, 1.807) is 20.2 Å². The summed E-state index contributed by atoms with van der Waals surface area (Å²) in [6.45, 7) is 0. The predicted octanol–water partition coefficient (Wildman–Crippen LogP) is 4.93. The van der Waals surface area contributed by atoms with Crippen LogP contribution in [0.3, 0.4) is 0 Å². The number of carbonyl (C=O) groups is 2. The smallest absolute Gasteiger partial charge is 0.259 e. The number of pyridine rings is 1. The maximum absolute atomic E-state index is 14.7. The molecule has 0 saturated heterocycles. The second-order valence-corrected chi connectivity index (χ2v) is 8.11. The fourth-order valence-corrected chi connectivity index (χ4v) is 3.29. The molecule has 11 heteroatoms. The topological polar surface area (TPSA) is 107 Å². The Morgan fingerprint density at radius 1 is 1.00 bits per heavy atom. The molecular formula is C23H20Cl2FN5O3. The molecule has 1 heterocycles. The fraction of sp³-hybridized carbons (Fsp3) is 0.130. The van der Waals surface area contributed by atoms with Gasteiger partial charge in [0, 0.05) is 36.9 Å². The lowest BCUT2D eigenvalue weighted by atomic mass is 10.1. The maximum atomic E-state index is 14.7. The standard InChI is InChI=1S/C23H20Cl2FN5O3/c1-31(2)21(27)12-4-6-15(17(26)8-12)22(32)30-20-16(9-14(25)10-18(20)34-3)23(33)29-19-7-5-13(24)11-28-19/h4-11,27H,1-3H3,(H,30,32)(H,28,29,33). The molecule has 8 nitrogen and oxygen atoms in total. The Bertz CT molecular complexity index is 1270. The quantitative estimate of drug-likeness (QED) is 0.326. The number of hydrogen-bond acceptors (Lipinski definition) is 5. The number of amidine groups is 1. The molecule has 0 unspecified atom stereocenters. The molecule has 1 aromatic heterocycles. The summed E-state index contributed by atoms with van der Waals surface area (Å²) in [7, 11) is 4.64. The Hall–Kier alpha value is -3.69. The molecule has 0 aliphatic heterocycles. The van der Waals surface area contributed by atoms with Gasteiger partial charge in [-0.25, -0.2) is 9.37 Å². The number of anilines is 2. The first-order valence-electron chi connectivity index (χ1n) is 9.78. The van der Waals surface area contributed by atoms with Gasteiger partial charge in [-0.2, -0.15) is 0 Å². The molecule has 0 saturated carbocycles. The molecule has 3 N–H and O–H groups in total. The average Bonchev–Trinajstić information content (AvgIpc) is 2.80. The van der Waals surface area contributed by atoms with E-state index in [0.717, 1.165) is 6.07 Å². The summed E-state index contributed by atoms with van der Waals surface area (Å²) in [6, 6.07) is 9.61. The molecule has 34 heavy (non-hydrogen) atoms. The Kier molecular flexibility index (Phi) is 7.70. The summed E-state index contributed by atoms with van der Waals surface area (Å²) < 4.78 is 20.0. The normalized spacial score (nSPS) is 10.4. The van der Waals surface area contributed by atoms with Gasteiger partial charge < -0.3 is 20.3 Å². The molecule has 0 aliphatic rings. The highest BCUT2D eigenvalue weighted by Crippen LogP contribution is 2.33. The predicted molar refractivity (Wildman–Crippen MR) is 130 cm³/mol. The lowest BCUT2D eigenvalue weighted by Crippen LogP contribution is -2.23. The second kappa shape index (κ2) is 10.5. The summed E-state index contributed by atoms with van der Waals surface area (Å²) in [4.78, 5) is 31.4. The van der Waals surface area contributed by atoms with Crippen LogP contribution in [0, 0.1) is 11.2 Å². The number of rotatable bonds is 6. The summed E-state index contributed by atoms with van der Waals surface area (Å²) >= 11 is 12.0. The van der Waals surface area contributed by atoms with Crippen LogP contribution in [-0.4, -0.2) is 48.7 Å². The molecule has 3 rings (SSSR count). The molecule has 0 spiro atoms. The molecule has 3 aromatic rings. The van der Waals surface area contributed by atoms with E-state index in [0.29, 0.717) is 10.6 Å². The summed E-state index contributed by atoms with van der Waals surface area (Å²) in [5, 5.41) is 13.7. The van der Waals surface area contributed by atoms with Crippen LogP contribution in [0.5, 0.6) is 5.75 Å². The number of methoxy groups -OCH3 is 1. The van der Waals surface area contributed by atoms with E-state index in [9.17, 15) is 14.0 Å². The Labute approximate surface area is 205 Å². The van der Waals surface area contributed by atoms with E-state index < -0.39 is 17.6 Å². The third kappa shape index (κ3) is 5.62. The Morgan fingerprint density at radius 3 is 2.29 bits per heavy atom. The molecule has 2 amide bonds. The second-order valence-electron chi connectivity index (χ2n) is 7.24. The van der Waals surface area contributed by atoms with Gasteiger partial charge in [-0.3, -0.25) is 15.0 Å². The molecule has 0 atom stereocenters. The minimum atomic E-state index is -0.828. The fourth-order valence-electron chi connectivity index (χ4n) is 2.97. The minimum Gasteiger partial charge on any atom is -0.494 e. The highest BCUT2D eigenvalue weighted by Gasteiger charge is 2.22. The maximum Gasteiger partial charge on any atom is 0.259 e. The average molecular weight is 504 g/mol. The van der Waals surface area contributed by atoms with Gasteiger partial charge >= 0.3 is 0 Å². The number of hydrogen-bond donors (Lipinski definition) is 3. The van der Waals surface area contributed by atoms with E-state index in [1.807, 2.05) is 0 Å². The van der Waals surface area contributed by atoms with E-state index in [2.05, 4.69) is 15.6 Å². The largest absolute Gasteiger partial charge is 0.494 e. The molecule has 0 bridgehead atoms. The van der Waals surface area contributed by atoms with Gasteiger partial charge in [0.05, 0.1) is 28.9 Å². The first-order chi connectivity index (χ1) is 16.1. The summed E-state index contributed by atoms with van der Waals surface area (Å²) in [5.41, 5.74) is -0.00886. The van der Waals surface area contributed by atoms with Crippen molar-refractivity contribution in [2.45, 2.75) is 0 Å². The van der Waals surface area contributed by atoms with Crippen molar-refractivity contribution in [1.29, 1.82) is 5.41 Å². The number of ether oxygens (including phenoxy) is 1. The van der Waals surface area contributed by atoms with Crippen molar-refractivity contribution in [2.75, 3.05) is 31.8 Å². The lowest BCUT2D eigenvalue weighted by molar-refractivity contribution is 0.102. The molecule has 0 radical (unpaired) electrons. The van der Waals surface area contributed by atoms with Crippen LogP contribution >= 0.6 is 23.2 Å². The Balaban J connectivity index is 1.94. The van der Waals surface area contributed by atoms with Crippen LogP contribution in [0.2, 0.25) is 10.0 Å². The van der Waals surface area contributed by atoms with Crippen LogP contribution in [0.15, 0.2) is 48.7 Å². The molecule has 176 valence electrons. The number of halogens is 3. The van der Waals surface area contributed by atoms with Crippen molar-refractivity contribution in [3.63, 3.8) is 0 Å². The minimum absolute atomic E-state index is 0.00660. The molecule has 2 aromatic carbocycles. The van der Waals surface area contributed by atoms with Gasteiger partial charge in [-0.1, -0.05) is 29.3 Å². The third-order valence-corrected chi connectivity index (χ3v) is 5.12. The van der Waals surface area contributed by atoms with Crippen LogP contribution < -0.4 is 15.4 Å². The van der Waals surface area contributed by atoms with E-state index in [4.69, 9.17) is 33.3 Å². The highest BCUT2D eigenvalue weighted by atomic mass is 35.5. The molecular weight excluding hydrogens is 484 g/mol. The van der Waals surface area contributed by atoms with Crippen molar-refractivity contribution in [3.05, 3.63) is 81.2 Å². The van der Waals surface area contributed by atoms with Crippen molar-refractivity contribution >= 4 is 52.4 Å². The van der Waals surface area contributed by atoms with Crippen LogP contribution in [0.1, 0.15) is 26.3 Å². The number of carbonyl (C=O) groups excluding carboxylic acids is 2. The van der Waals surface area contributed by atoms with E-state index in [-0.39, 0.29) is 39.2 Å². The monoisotopic (exact) mass is 503 g/mol. The third-order valence-electron chi connectivity index (χ3n) is 4.67. The number of aromatic nitrogens is 1. The zero-order valence-corrected chi connectivity index (χ0v) is 19.9. The van der Waals surface area contributed by atoms with Gasteiger partial charge in [0.25, 0.3) is 11.8 Å². The van der Waals surface area contributed by atoms with Crippen LogP contribution in [0.4, 0.5) is 15.9 Å². The summed E-state index contributed by atoms with van der Waals surface area (Å²) in [6.07, 6.45) is 1.36. The number of benzene rings is 2. The van der Waals surface area contributed by atoms with Crippen molar-refractivity contribution in [1.82, 2.24) is 9.88 Å². The van der Waals surface area contributed by atoms with Crippen LogP contribution in [-0.2, 0) is 0 Å². The van der Waals surface area contributed by atoms with Crippen molar-refractivity contribution in [2.24, 2.45) is 0 Å². The number of nitrogens with one attached hydrogen (secondary N) is 3. The van der Waals surface area contributed by atoms with Crippen molar-refractivity contribution in [3.8, 4) is 5.75 Å². The summed E-state index contributed by atoms with van der Waals surface area (Å²) in [5.74, 6) is -1.89. The highest BCUT2D eigenvalue weighted by molar-refractivity contribution is 6.32. The van der Waals surface area contributed by atoms with Gasteiger partial charge in [-0.05, 0) is 30.3 Å². The molecule has 0 fully saturated rings. The van der Waals surface area contributed by atoms with Gasteiger partial charge in [-0.15, -0.1) is 0 Å². The van der Waals surface area contributed by atoms with Gasteiger partial charge in [0.2, 0.25) is 0 Å². The zero-order valence-electron chi connectivity index (χ0n) is 18.4. The lowest BCUT2D eigenvalue weighted by Gasteiger charge is -2.17. The first-order valence-corrected chi connectivity index (χ1v) is 10.5. The van der Waals surface area contributed by atoms with Crippen molar-refractivity contribution < 1.29 is 18.7 Å². The van der Waals surface area contributed by atoms with E-state index in [1.165, 1.54) is 48.5 Å². The number of amides is 2. The van der Waals surface area contributed by atoms with Crippen LogP contribution in [0.25, 0.3) is 0 Å². The van der Waals surface area contributed by atoms with Gasteiger partial charge in [0.15, 0.2) is 0 Å². The SMILES string of the molecule is COc1cc(Cl)cc(C(=O)Nc2ccc(Cl)cn2)c1NC(=O)c1ccc(C(=N)N(C)C)cc1F. The van der Waals surface area contributed by atoms with E-state index >= 15 is 0 Å². The number of nitrogens with zero attached hydrogens (tertiary/aromatic N) is 2.